The van der Waals surface area contributed by atoms with Crippen molar-refractivity contribution in [1.82, 2.24) is 15.5 Å². The van der Waals surface area contributed by atoms with Gasteiger partial charge in [-0.1, -0.05) is 48.5 Å². The summed E-state index contributed by atoms with van der Waals surface area (Å²) in [5.41, 5.74) is 9.52. The summed E-state index contributed by atoms with van der Waals surface area (Å²) in [6.45, 7) is 0.683. The largest absolute Gasteiger partial charge is 0.396 e. The van der Waals surface area contributed by atoms with Crippen LogP contribution in [0, 0.1) is 5.92 Å². The number of hydrogen-bond acceptors (Lipinski definition) is 4. The molecular weight excluding hydrogens is 300 g/mol. The molecule has 0 saturated heterocycles. The van der Waals surface area contributed by atoms with Crippen molar-refractivity contribution in [2.75, 3.05) is 12.3 Å². The number of rotatable bonds is 4. The predicted molar refractivity (Wildman–Crippen MR) is 94.4 cm³/mol. The van der Waals surface area contributed by atoms with Gasteiger partial charge >= 0.3 is 0 Å². The fourth-order valence-corrected chi connectivity index (χ4v) is 2.81. The fourth-order valence-electron chi connectivity index (χ4n) is 2.81. The first-order chi connectivity index (χ1) is 11.7. The minimum atomic E-state index is -0.251. The Hall–Kier alpha value is -2.95. The van der Waals surface area contributed by atoms with Crippen molar-refractivity contribution in [2.45, 2.75) is 12.8 Å². The molecule has 0 spiro atoms. The molecule has 0 aliphatic heterocycles. The molecule has 4 rings (SSSR count). The molecule has 1 amide bonds. The van der Waals surface area contributed by atoms with Crippen LogP contribution < -0.4 is 11.1 Å². The number of amides is 1. The molecular formula is C19H18N4O. The van der Waals surface area contributed by atoms with Gasteiger partial charge in [-0.2, -0.15) is 0 Å². The number of fused-ring (bicyclic) bond motifs is 1. The van der Waals surface area contributed by atoms with Crippen molar-refractivity contribution in [3.05, 3.63) is 54.2 Å². The van der Waals surface area contributed by atoms with E-state index in [1.807, 2.05) is 48.5 Å². The Morgan fingerprint density at radius 2 is 1.88 bits per heavy atom. The molecule has 0 unspecified atom stereocenters. The highest BCUT2D eigenvalue weighted by atomic mass is 16.1. The van der Waals surface area contributed by atoms with E-state index in [-0.39, 0.29) is 11.6 Å². The van der Waals surface area contributed by atoms with Gasteiger partial charge in [-0.25, -0.2) is 0 Å². The van der Waals surface area contributed by atoms with Crippen molar-refractivity contribution in [3.63, 3.8) is 0 Å². The summed E-state index contributed by atoms with van der Waals surface area (Å²) in [5, 5.41) is 12.0. The number of carbonyl (C=O) groups excluding carboxylic acids is 1. The van der Waals surface area contributed by atoms with Crippen molar-refractivity contribution in [2.24, 2.45) is 5.92 Å². The smallest absolute Gasteiger partial charge is 0.273 e. The van der Waals surface area contributed by atoms with E-state index < -0.39 is 0 Å². The molecule has 0 bridgehead atoms. The van der Waals surface area contributed by atoms with E-state index in [4.69, 9.17) is 5.73 Å². The number of nitrogen functional groups attached to an aromatic ring is 1. The maximum Gasteiger partial charge on any atom is 0.273 e. The van der Waals surface area contributed by atoms with Crippen molar-refractivity contribution in [1.29, 1.82) is 0 Å². The van der Waals surface area contributed by atoms with Gasteiger partial charge in [0.25, 0.3) is 5.91 Å². The number of carbonyl (C=O) groups is 1. The molecule has 3 aromatic rings. The summed E-state index contributed by atoms with van der Waals surface area (Å²) < 4.78 is 0. The van der Waals surface area contributed by atoms with Crippen molar-refractivity contribution in [3.8, 4) is 11.1 Å². The molecule has 2 aromatic carbocycles. The van der Waals surface area contributed by atoms with Gasteiger partial charge in [0, 0.05) is 17.5 Å². The number of benzene rings is 2. The quantitative estimate of drug-likeness (QED) is 0.775. The zero-order valence-corrected chi connectivity index (χ0v) is 13.2. The van der Waals surface area contributed by atoms with Crippen LogP contribution in [0.25, 0.3) is 22.0 Å². The summed E-state index contributed by atoms with van der Waals surface area (Å²) in [5.74, 6) is 0.354. The number of nitrogens with zero attached hydrogens (tertiary/aromatic N) is 2. The number of nitrogens with one attached hydrogen (secondary N) is 1. The molecule has 1 heterocycles. The predicted octanol–water partition coefficient (Wildman–Crippen LogP) is 3.02. The lowest BCUT2D eigenvalue weighted by Crippen LogP contribution is -2.27. The molecule has 0 atom stereocenters. The SMILES string of the molecule is Nc1c(C(=O)NCC2CC2)nnc2c(-c3ccccc3)cccc12. The van der Waals surface area contributed by atoms with E-state index in [1.165, 1.54) is 12.8 Å². The molecule has 1 aliphatic carbocycles. The average molecular weight is 318 g/mol. The molecule has 3 N–H and O–H groups in total. The summed E-state index contributed by atoms with van der Waals surface area (Å²) in [7, 11) is 0. The minimum absolute atomic E-state index is 0.202. The zero-order chi connectivity index (χ0) is 16.5. The number of anilines is 1. The van der Waals surface area contributed by atoms with E-state index in [9.17, 15) is 4.79 Å². The van der Waals surface area contributed by atoms with Gasteiger partial charge in [0.1, 0.15) is 5.52 Å². The molecule has 1 aliphatic rings. The summed E-state index contributed by atoms with van der Waals surface area (Å²) in [6, 6.07) is 15.7. The minimum Gasteiger partial charge on any atom is -0.396 e. The number of aromatic nitrogens is 2. The molecule has 5 nitrogen and oxygen atoms in total. The van der Waals surface area contributed by atoms with Crippen LogP contribution in [0.1, 0.15) is 23.3 Å². The monoisotopic (exact) mass is 318 g/mol. The Bertz CT molecular complexity index is 904. The van der Waals surface area contributed by atoms with Crippen molar-refractivity contribution >= 4 is 22.5 Å². The number of nitrogens with two attached hydrogens (primary N) is 1. The summed E-state index contributed by atoms with van der Waals surface area (Å²) in [4.78, 5) is 12.3. The summed E-state index contributed by atoms with van der Waals surface area (Å²) in [6.07, 6.45) is 2.36. The van der Waals surface area contributed by atoms with Gasteiger partial charge < -0.3 is 11.1 Å². The van der Waals surface area contributed by atoms with Gasteiger partial charge in [0.15, 0.2) is 5.69 Å². The highest BCUT2D eigenvalue weighted by Crippen LogP contribution is 2.31. The van der Waals surface area contributed by atoms with Gasteiger partial charge in [0.05, 0.1) is 5.69 Å². The zero-order valence-electron chi connectivity index (χ0n) is 13.2. The number of hydrogen-bond donors (Lipinski definition) is 2. The highest BCUT2D eigenvalue weighted by Gasteiger charge is 2.23. The molecule has 24 heavy (non-hydrogen) atoms. The first-order valence-electron chi connectivity index (χ1n) is 8.12. The highest BCUT2D eigenvalue weighted by molar-refractivity contribution is 6.07. The Morgan fingerprint density at radius 3 is 2.62 bits per heavy atom. The van der Waals surface area contributed by atoms with Gasteiger partial charge in [-0.3, -0.25) is 4.79 Å². The first-order valence-corrected chi connectivity index (χ1v) is 8.12. The average Bonchev–Trinajstić information content (AvgIpc) is 3.45. The topological polar surface area (TPSA) is 80.9 Å². The molecule has 1 aromatic heterocycles. The molecule has 1 fully saturated rings. The van der Waals surface area contributed by atoms with E-state index in [0.29, 0.717) is 23.7 Å². The van der Waals surface area contributed by atoms with Crippen LogP contribution in [0.15, 0.2) is 48.5 Å². The normalized spacial score (nSPS) is 13.8. The van der Waals surface area contributed by atoms with Crippen LogP contribution in [0.4, 0.5) is 5.69 Å². The van der Waals surface area contributed by atoms with Crippen molar-refractivity contribution < 1.29 is 4.79 Å². The van der Waals surface area contributed by atoms with Gasteiger partial charge in [-0.05, 0) is 24.3 Å². The lowest BCUT2D eigenvalue weighted by atomic mass is 10.0. The lowest BCUT2D eigenvalue weighted by molar-refractivity contribution is 0.0947. The van der Waals surface area contributed by atoms with Crippen LogP contribution >= 0.6 is 0 Å². The molecule has 0 radical (unpaired) electrons. The Morgan fingerprint density at radius 1 is 1.08 bits per heavy atom. The molecule has 1 saturated carbocycles. The van der Waals surface area contributed by atoms with Crippen LogP contribution in [0.5, 0.6) is 0 Å². The lowest BCUT2D eigenvalue weighted by Gasteiger charge is -2.10. The van der Waals surface area contributed by atoms with E-state index in [2.05, 4.69) is 15.5 Å². The Balaban J connectivity index is 1.75. The second kappa shape index (κ2) is 5.92. The maximum absolute atomic E-state index is 12.3. The van der Waals surface area contributed by atoms with Crippen LogP contribution in [0.3, 0.4) is 0 Å². The van der Waals surface area contributed by atoms with Gasteiger partial charge in [0.2, 0.25) is 0 Å². The van der Waals surface area contributed by atoms with Crippen LogP contribution in [-0.4, -0.2) is 22.6 Å². The van der Waals surface area contributed by atoms with E-state index in [1.54, 1.807) is 0 Å². The maximum atomic E-state index is 12.3. The van der Waals surface area contributed by atoms with E-state index >= 15 is 0 Å². The standard InChI is InChI=1S/C19H18N4O/c20-16-15-8-4-7-14(13-5-2-1-3-6-13)17(15)22-23-18(16)19(24)21-11-12-9-10-12/h1-8,12H,9-11H2,(H2,20,22)(H,21,24). The first kappa shape index (κ1) is 14.6. The second-order valence-electron chi connectivity index (χ2n) is 6.18. The third kappa shape index (κ3) is 2.69. The van der Waals surface area contributed by atoms with Crippen LogP contribution in [0.2, 0.25) is 0 Å². The van der Waals surface area contributed by atoms with Crippen LogP contribution in [-0.2, 0) is 0 Å². The van der Waals surface area contributed by atoms with E-state index in [0.717, 1.165) is 16.5 Å². The summed E-state index contributed by atoms with van der Waals surface area (Å²) >= 11 is 0. The Labute approximate surface area is 139 Å². The molecule has 5 heteroatoms. The Kier molecular flexibility index (Phi) is 3.61. The fraction of sp³-hybridized carbons (Fsp3) is 0.211. The third-order valence-corrected chi connectivity index (χ3v) is 4.38. The third-order valence-electron chi connectivity index (χ3n) is 4.38. The second-order valence-corrected chi connectivity index (χ2v) is 6.18. The molecule has 120 valence electrons. The van der Waals surface area contributed by atoms with Gasteiger partial charge in [-0.15, -0.1) is 10.2 Å².